The van der Waals surface area contributed by atoms with Gasteiger partial charge in [-0.15, -0.1) is 0 Å². The summed E-state index contributed by atoms with van der Waals surface area (Å²) in [7, 11) is 0. The molecule has 0 saturated heterocycles. The Hall–Kier alpha value is -1.32. The summed E-state index contributed by atoms with van der Waals surface area (Å²) < 4.78 is 0. The van der Waals surface area contributed by atoms with Gasteiger partial charge in [-0.05, 0) is 19.8 Å². The van der Waals surface area contributed by atoms with Gasteiger partial charge in [0.15, 0.2) is 0 Å². The zero-order chi connectivity index (χ0) is 10.8. The highest BCUT2D eigenvalue weighted by molar-refractivity contribution is 5.21. The summed E-state index contributed by atoms with van der Waals surface area (Å²) in [5, 5.41) is 9.48. The van der Waals surface area contributed by atoms with E-state index in [-0.39, 0.29) is 11.4 Å². The molecule has 0 unspecified atom stereocenters. The van der Waals surface area contributed by atoms with E-state index in [4.69, 9.17) is 0 Å². The van der Waals surface area contributed by atoms with Gasteiger partial charge < -0.3 is 10.1 Å². The van der Waals surface area contributed by atoms with Crippen LogP contribution in [0.3, 0.4) is 0 Å². The molecule has 1 aliphatic rings. The monoisotopic (exact) mass is 208 g/mol. The van der Waals surface area contributed by atoms with Gasteiger partial charge in [0.05, 0.1) is 5.56 Å². The van der Waals surface area contributed by atoms with E-state index in [0.717, 1.165) is 12.8 Å². The van der Waals surface area contributed by atoms with Crippen LogP contribution in [0.4, 0.5) is 0 Å². The summed E-state index contributed by atoms with van der Waals surface area (Å²) in [5.74, 6) is 0.847. The first-order valence-corrected chi connectivity index (χ1v) is 5.48. The van der Waals surface area contributed by atoms with Crippen LogP contribution in [0, 0.1) is 6.92 Å². The molecule has 4 nitrogen and oxygen atoms in total. The normalized spacial score (nSPS) is 17.9. The second-order valence-corrected chi connectivity index (χ2v) is 4.23. The number of hydrogen-bond donors (Lipinski definition) is 2. The number of rotatable bonds is 1. The highest BCUT2D eigenvalue weighted by Gasteiger charge is 2.19. The zero-order valence-corrected chi connectivity index (χ0v) is 8.92. The van der Waals surface area contributed by atoms with Gasteiger partial charge in [0, 0.05) is 5.92 Å². The lowest BCUT2D eigenvalue weighted by molar-refractivity contribution is 0.406. The minimum Gasteiger partial charge on any atom is -0.493 e. The lowest BCUT2D eigenvalue weighted by Gasteiger charge is -2.20. The number of aromatic hydroxyl groups is 1. The van der Waals surface area contributed by atoms with Crippen LogP contribution in [0.15, 0.2) is 4.79 Å². The van der Waals surface area contributed by atoms with E-state index in [1.165, 1.54) is 19.3 Å². The molecular weight excluding hydrogens is 192 g/mol. The van der Waals surface area contributed by atoms with Gasteiger partial charge in [-0.1, -0.05) is 19.3 Å². The van der Waals surface area contributed by atoms with Crippen LogP contribution in [0.1, 0.15) is 49.4 Å². The van der Waals surface area contributed by atoms with E-state index >= 15 is 0 Å². The average Bonchev–Trinajstić information content (AvgIpc) is 2.26. The summed E-state index contributed by atoms with van der Waals surface area (Å²) in [4.78, 5) is 18.3. The van der Waals surface area contributed by atoms with Crippen molar-refractivity contribution in [3.63, 3.8) is 0 Å². The van der Waals surface area contributed by atoms with Crippen LogP contribution >= 0.6 is 0 Å². The van der Waals surface area contributed by atoms with Crippen molar-refractivity contribution < 1.29 is 5.11 Å². The minimum absolute atomic E-state index is 0.126. The minimum atomic E-state index is -0.219. The van der Waals surface area contributed by atoms with Crippen LogP contribution < -0.4 is 5.56 Å². The molecule has 1 heterocycles. The molecule has 2 N–H and O–H groups in total. The first-order chi connectivity index (χ1) is 7.18. The molecule has 0 atom stereocenters. The molecule has 0 radical (unpaired) electrons. The van der Waals surface area contributed by atoms with Gasteiger partial charge >= 0.3 is 0 Å². The Kier molecular flexibility index (Phi) is 2.75. The molecule has 1 aromatic heterocycles. The van der Waals surface area contributed by atoms with Gasteiger partial charge in [0.25, 0.3) is 5.56 Å². The number of aromatic amines is 1. The Morgan fingerprint density at radius 2 is 2.00 bits per heavy atom. The molecule has 1 aliphatic carbocycles. The first kappa shape index (κ1) is 10.2. The lowest BCUT2D eigenvalue weighted by atomic mass is 9.89. The topological polar surface area (TPSA) is 66.0 Å². The third kappa shape index (κ3) is 2.03. The largest absolute Gasteiger partial charge is 0.493 e. The second-order valence-electron chi connectivity index (χ2n) is 4.23. The fourth-order valence-corrected chi connectivity index (χ4v) is 2.11. The van der Waals surface area contributed by atoms with Gasteiger partial charge in [0.2, 0.25) is 5.88 Å². The van der Waals surface area contributed by atoms with E-state index < -0.39 is 0 Å². The van der Waals surface area contributed by atoms with Gasteiger partial charge in [0.1, 0.15) is 5.82 Å². The number of nitrogens with zero attached hydrogens (tertiary/aromatic N) is 1. The Morgan fingerprint density at radius 3 is 2.60 bits per heavy atom. The molecule has 2 rings (SSSR count). The Bertz CT molecular complexity index is 406. The first-order valence-electron chi connectivity index (χ1n) is 5.48. The molecule has 1 fully saturated rings. The molecule has 1 saturated carbocycles. The van der Waals surface area contributed by atoms with Gasteiger partial charge in [-0.25, -0.2) is 0 Å². The van der Waals surface area contributed by atoms with E-state index in [1.54, 1.807) is 6.92 Å². The quantitative estimate of drug-likeness (QED) is 0.740. The Labute approximate surface area is 88.4 Å². The van der Waals surface area contributed by atoms with Crippen molar-refractivity contribution >= 4 is 0 Å². The fraction of sp³-hybridized carbons (Fsp3) is 0.636. The van der Waals surface area contributed by atoms with Crippen LogP contribution in [0.5, 0.6) is 5.88 Å². The molecular formula is C11H16N2O2. The molecule has 1 aromatic rings. The molecule has 0 aromatic carbocycles. The number of nitrogens with one attached hydrogen (secondary N) is 1. The lowest BCUT2D eigenvalue weighted by Crippen LogP contribution is -2.18. The SMILES string of the molecule is Cc1c(O)nc(C2CCCCC2)[nH]c1=O. The maximum atomic E-state index is 11.4. The van der Waals surface area contributed by atoms with E-state index in [1.807, 2.05) is 0 Å². The summed E-state index contributed by atoms with van der Waals surface area (Å²) in [5.41, 5.74) is 0.0811. The van der Waals surface area contributed by atoms with Gasteiger partial charge in [-0.3, -0.25) is 4.79 Å². The van der Waals surface area contributed by atoms with Crippen molar-refractivity contribution in [2.45, 2.75) is 44.9 Å². The van der Waals surface area contributed by atoms with Gasteiger partial charge in [-0.2, -0.15) is 4.98 Å². The summed E-state index contributed by atoms with van der Waals surface area (Å²) >= 11 is 0. The molecule has 4 heteroatoms. The van der Waals surface area contributed by atoms with Crippen molar-refractivity contribution in [3.05, 3.63) is 21.7 Å². The predicted molar refractivity (Wildman–Crippen MR) is 57.1 cm³/mol. The van der Waals surface area contributed by atoms with Crippen molar-refractivity contribution in [3.8, 4) is 5.88 Å². The molecule has 0 spiro atoms. The summed E-state index contributed by atoms with van der Waals surface area (Å²) in [6.45, 7) is 1.58. The van der Waals surface area contributed by atoms with E-state index in [2.05, 4.69) is 9.97 Å². The molecule has 0 aliphatic heterocycles. The zero-order valence-electron chi connectivity index (χ0n) is 8.92. The number of aromatic nitrogens is 2. The fourth-order valence-electron chi connectivity index (χ4n) is 2.11. The highest BCUT2D eigenvalue weighted by atomic mass is 16.3. The summed E-state index contributed by atoms with van der Waals surface area (Å²) in [6.07, 6.45) is 5.75. The predicted octanol–water partition coefficient (Wildman–Crippen LogP) is 1.83. The number of hydrogen-bond acceptors (Lipinski definition) is 3. The van der Waals surface area contributed by atoms with Crippen LogP contribution in [0.25, 0.3) is 0 Å². The van der Waals surface area contributed by atoms with Crippen molar-refractivity contribution in [2.24, 2.45) is 0 Å². The third-order valence-electron chi connectivity index (χ3n) is 3.14. The molecule has 82 valence electrons. The highest BCUT2D eigenvalue weighted by Crippen LogP contribution is 2.30. The van der Waals surface area contributed by atoms with Crippen molar-refractivity contribution in [1.29, 1.82) is 0 Å². The smallest absolute Gasteiger partial charge is 0.257 e. The standard InChI is InChI=1S/C11H16N2O2/c1-7-10(14)12-9(13-11(7)15)8-5-3-2-4-6-8/h8H,2-6H2,1H3,(H2,12,13,14,15). The van der Waals surface area contributed by atoms with Crippen LogP contribution in [-0.4, -0.2) is 15.1 Å². The molecule has 15 heavy (non-hydrogen) atoms. The Balaban J connectivity index is 2.32. The number of H-pyrrole nitrogens is 1. The second kappa shape index (κ2) is 4.04. The molecule has 0 amide bonds. The Morgan fingerprint density at radius 1 is 1.33 bits per heavy atom. The summed E-state index contributed by atoms with van der Waals surface area (Å²) in [6, 6.07) is 0. The van der Waals surface area contributed by atoms with Crippen LogP contribution in [-0.2, 0) is 0 Å². The van der Waals surface area contributed by atoms with E-state index in [0.29, 0.717) is 17.3 Å². The van der Waals surface area contributed by atoms with Crippen molar-refractivity contribution in [1.82, 2.24) is 9.97 Å². The molecule has 0 bridgehead atoms. The maximum Gasteiger partial charge on any atom is 0.257 e. The van der Waals surface area contributed by atoms with E-state index in [9.17, 15) is 9.90 Å². The third-order valence-corrected chi connectivity index (χ3v) is 3.14. The average molecular weight is 208 g/mol. The van der Waals surface area contributed by atoms with Crippen LogP contribution in [0.2, 0.25) is 0 Å². The maximum absolute atomic E-state index is 11.4. The van der Waals surface area contributed by atoms with Crippen molar-refractivity contribution in [2.75, 3.05) is 0 Å².